The van der Waals surface area contributed by atoms with E-state index in [1.165, 1.54) is 13.2 Å². The molecule has 0 aromatic heterocycles. The number of nitrogens with two attached hydrogens (primary N) is 1. The van der Waals surface area contributed by atoms with Crippen molar-refractivity contribution in [1.29, 1.82) is 0 Å². The van der Waals surface area contributed by atoms with Crippen molar-refractivity contribution in [3.63, 3.8) is 0 Å². The highest BCUT2D eigenvalue weighted by Gasteiger charge is 2.64. The largest absolute Gasteiger partial charge is 0.511 e. The van der Waals surface area contributed by atoms with Crippen LogP contribution in [0.1, 0.15) is 71.9 Å². The van der Waals surface area contributed by atoms with E-state index in [0.717, 1.165) is 18.4 Å². The lowest BCUT2D eigenvalue weighted by molar-refractivity contribution is -0.136. The van der Waals surface area contributed by atoms with Crippen LogP contribution >= 0.6 is 0 Å². The van der Waals surface area contributed by atoms with Gasteiger partial charge in [-0.2, -0.15) is 0 Å². The van der Waals surface area contributed by atoms with Crippen molar-refractivity contribution >= 4 is 34.0 Å². The van der Waals surface area contributed by atoms with Crippen LogP contribution < -0.4 is 10.5 Å². The summed E-state index contributed by atoms with van der Waals surface area (Å²) in [6, 6.07) is 1.35. The summed E-state index contributed by atoms with van der Waals surface area (Å²) in [5.74, 6) is -8.36. The molecule has 10 nitrogen and oxygen atoms in total. The van der Waals surface area contributed by atoms with Crippen molar-refractivity contribution in [2.24, 2.45) is 17.1 Å². The maximum absolute atomic E-state index is 14.2. The third-order valence-corrected chi connectivity index (χ3v) is 9.88. The highest BCUT2D eigenvalue weighted by molar-refractivity contribution is 6.38. The number of methoxy groups -OCH3 is 1. The number of primary amides is 1. The summed E-state index contributed by atoms with van der Waals surface area (Å²) < 4.78 is 5.74. The smallest absolute Gasteiger partial charge is 0.255 e. The number of aliphatic hydroxyl groups excluding tert-OH is 1. The third-order valence-electron chi connectivity index (χ3n) is 9.88. The Kier molecular flexibility index (Phi) is 5.03. The number of carbonyl (C=O) groups excluding carboxylic acids is 4. The number of amides is 1. The van der Waals surface area contributed by atoms with Gasteiger partial charge in [-0.1, -0.05) is 25.5 Å². The third kappa shape index (κ3) is 2.67. The van der Waals surface area contributed by atoms with Crippen molar-refractivity contribution in [2.75, 3.05) is 7.11 Å². The molecule has 6 rings (SSSR count). The zero-order valence-electron chi connectivity index (χ0n) is 22.5. The standard InChI is InChI=1S/C30H29NO9/c1-11-6-5-7-28(2,3)29(11)10-12-17-19(15(33)9-16(40-4)22(17)29)24(35)21-18(12)23(34)13-8-14(32)20(27(31)38)25(36)30(13,39)26(21)37/h6,9,13,32-33,35,39H,5,7-8,10H2,1-4H3,(H2,31,38)/t13-,29+,30-/m0/s1. The summed E-state index contributed by atoms with van der Waals surface area (Å²) in [6.45, 7) is 6.18. The number of hydrogen-bond donors (Lipinski definition) is 5. The summed E-state index contributed by atoms with van der Waals surface area (Å²) in [5.41, 5.74) is 1.37. The van der Waals surface area contributed by atoms with Gasteiger partial charge in [-0.05, 0) is 37.2 Å². The minimum Gasteiger partial charge on any atom is -0.511 e. The van der Waals surface area contributed by atoms with Gasteiger partial charge in [0.05, 0.1) is 24.0 Å². The predicted octanol–water partition coefficient (Wildman–Crippen LogP) is 2.82. The molecule has 0 unspecified atom stereocenters. The maximum atomic E-state index is 14.2. The Morgan fingerprint density at radius 1 is 1.07 bits per heavy atom. The van der Waals surface area contributed by atoms with Crippen LogP contribution in [0.3, 0.4) is 0 Å². The molecule has 4 aliphatic rings. The second kappa shape index (κ2) is 7.72. The predicted molar refractivity (Wildman–Crippen MR) is 142 cm³/mol. The highest BCUT2D eigenvalue weighted by Crippen LogP contribution is 2.65. The normalized spacial score (nSPS) is 28.6. The molecule has 0 heterocycles. The first kappa shape index (κ1) is 26.1. The molecule has 208 valence electrons. The van der Waals surface area contributed by atoms with Gasteiger partial charge in [0.15, 0.2) is 5.78 Å². The molecule has 0 aliphatic heterocycles. The molecule has 2 aromatic carbocycles. The summed E-state index contributed by atoms with van der Waals surface area (Å²) >= 11 is 0. The molecular formula is C30H29NO9. The number of phenolic OH excluding ortho intramolecular Hbond substituents is 2. The number of phenols is 2. The average Bonchev–Trinajstić information content (AvgIpc) is 3.23. The van der Waals surface area contributed by atoms with Gasteiger partial charge in [0, 0.05) is 34.4 Å². The van der Waals surface area contributed by atoms with Crippen LogP contribution in [0.4, 0.5) is 0 Å². The lowest BCUT2D eigenvalue weighted by atomic mass is 9.54. The molecule has 0 fully saturated rings. The van der Waals surface area contributed by atoms with E-state index < -0.39 is 75.0 Å². The van der Waals surface area contributed by atoms with E-state index in [1.54, 1.807) is 0 Å². The Bertz CT molecular complexity index is 1710. The molecule has 1 spiro atoms. The van der Waals surface area contributed by atoms with Crippen LogP contribution in [0.5, 0.6) is 17.2 Å². The van der Waals surface area contributed by atoms with Crippen molar-refractivity contribution in [1.82, 2.24) is 0 Å². The average molecular weight is 548 g/mol. The summed E-state index contributed by atoms with van der Waals surface area (Å²) in [6.07, 6.45) is 3.28. The van der Waals surface area contributed by atoms with E-state index in [0.29, 0.717) is 22.3 Å². The van der Waals surface area contributed by atoms with Gasteiger partial charge in [-0.3, -0.25) is 19.2 Å². The number of ether oxygens (including phenoxy) is 1. The van der Waals surface area contributed by atoms with E-state index in [9.17, 15) is 39.6 Å². The van der Waals surface area contributed by atoms with Crippen LogP contribution in [-0.4, -0.2) is 56.4 Å². The summed E-state index contributed by atoms with van der Waals surface area (Å²) in [5, 5.41) is 44.9. The van der Waals surface area contributed by atoms with Gasteiger partial charge in [-0.15, -0.1) is 0 Å². The fraction of sp³-hybridized carbons (Fsp3) is 0.400. The van der Waals surface area contributed by atoms with Gasteiger partial charge in [0.1, 0.15) is 28.6 Å². The van der Waals surface area contributed by atoms with Gasteiger partial charge >= 0.3 is 0 Å². The summed E-state index contributed by atoms with van der Waals surface area (Å²) in [4.78, 5) is 53.4. The molecule has 0 saturated carbocycles. The van der Waals surface area contributed by atoms with E-state index in [4.69, 9.17) is 10.5 Å². The topological polar surface area (TPSA) is 184 Å². The molecule has 0 saturated heterocycles. The number of hydrogen-bond acceptors (Lipinski definition) is 9. The maximum Gasteiger partial charge on any atom is 0.255 e. The lowest BCUT2D eigenvalue weighted by Gasteiger charge is -2.49. The van der Waals surface area contributed by atoms with E-state index in [1.807, 2.05) is 6.92 Å². The Morgan fingerprint density at radius 3 is 2.35 bits per heavy atom. The van der Waals surface area contributed by atoms with Crippen LogP contribution in [0.15, 0.2) is 29.0 Å². The number of Topliss-reactive ketones (excluding diaryl/α,β-unsaturated/α-hetero) is 3. The Balaban J connectivity index is 1.75. The minimum atomic E-state index is -3.07. The fourth-order valence-corrected chi connectivity index (χ4v) is 7.88. The van der Waals surface area contributed by atoms with Gasteiger partial charge in [0.25, 0.3) is 5.91 Å². The van der Waals surface area contributed by atoms with Crippen LogP contribution in [0, 0.1) is 11.3 Å². The Hall–Kier alpha value is -4.18. The SMILES string of the molecule is COc1cc(O)c2c(O)c3c(c4c2c1[C@@]1(C4)C(C)=CCCC1(C)C)C(=O)[C@@H]1CC(O)=C(C(N)=O)C(=O)[C@]1(O)C3=O. The molecule has 6 N–H and O–H groups in total. The van der Waals surface area contributed by atoms with Crippen LogP contribution in [0.2, 0.25) is 0 Å². The first-order valence-corrected chi connectivity index (χ1v) is 13.0. The van der Waals surface area contributed by atoms with Crippen LogP contribution in [0.25, 0.3) is 10.8 Å². The van der Waals surface area contributed by atoms with Crippen LogP contribution in [-0.2, 0) is 21.4 Å². The molecule has 2 aromatic rings. The Morgan fingerprint density at radius 2 is 1.75 bits per heavy atom. The number of aliphatic hydroxyl groups is 2. The molecule has 1 amide bonds. The molecule has 4 aliphatic carbocycles. The zero-order chi connectivity index (χ0) is 29.3. The number of rotatable bonds is 2. The quantitative estimate of drug-likeness (QED) is 0.214. The number of aromatic hydroxyl groups is 2. The first-order valence-electron chi connectivity index (χ1n) is 13.0. The molecule has 10 heteroatoms. The first-order chi connectivity index (χ1) is 18.7. The second-order valence-corrected chi connectivity index (χ2v) is 11.9. The number of carbonyl (C=O) groups is 4. The molecule has 3 atom stereocenters. The van der Waals surface area contributed by atoms with Gasteiger partial charge in [0.2, 0.25) is 17.2 Å². The van der Waals surface area contributed by atoms with E-state index in [2.05, 4.69) is 19.9 Å². The monoisotopic (exact) mass is 547 g/mol. The zero-order valence-corrected chi connectivity index (χ0v) is 22.5. The number of allylic oxidation sites excluding steroid dienone is 3. The van der Waals surface area contributed by atoms with Crippen molar-refractivity contribution in [3.8, 4) is 17.2 Å². The number of ketones is 3. The lowest BCUT2D eigenvalue weighted by Crippen LogP contribution is -2.62. The molecule has 0 radical (unpaired) electrons. The second-order valence-electron chi connectivity index (χ2n) is 11.9. The molecule has 0 bridgehead atoms. The van der Waals surface area contributed by atoms with Crippen molar-refractivity contribution in [2.45, 2.75) is 57.5 Å². The Labute approximate surface area is 228 Å². The summed E-state index contributed by atoms with van der Waals surface area (Å²) in [7, 11) is 1.46. The fourth-order valence-electron chi connectivity index (χ4n) is 7.88. The number of fused-ring (bicyclic) bond motifs is 4. The van der Waals surface area contributed by atoms with Crippen molar-refractivity contribution in [3.05, 3.63) is 51.3 Å². The highest BCUT2D eigenvalue weighted by atomic mass is 16.5. The van der Waals surface area contributed by atoms with Gasteiger partial charge in [-0.25, -0.2) is 0 Å². The van der Waals surface area contributed by atoms with Gasteiger partial charge < -0.3 is 30.9 Å². The van der Waals surface area contributed by atoms with E-state index in [-0.39, 0.29) is 22.8 Å². The molecule has 40 heavy (non-hydrogen) atoms. The van der Waals surface area contributed by atoms with E-state index >= 15 is 0 Å². The van der Waals surface area contributed by atoms with Crippen molar-refractivity contribution < 1.29 is 44.3 Å². The number of benzene rings is 2. The molecular weight excluding hydrogens is 518 g/mol. The minimum absolute atomic E-state index is 0.101.